The van der Waals surface area contributed by atoms with E-state index in [1.165, 1.54) is 5.56 Å². The lowest BCUT2D eigenvalue weighted by Crippen LogP contribution is -2.25. The Labute approximate surface area is 152 Å². The third-order valence-corrected chi connectivity index (χ3v) is 3.60. The quantitative estimate of drug-likeness (QED) is 0.343. The molecule has 0 fully saturated rings. The van der Waals surface area contributed by atoms with E-state index in [0.717, 1.165) is 38.0 Å². The molecular weight excluding hydrogens is 310 g/mol. The highest BCUT2D eigenvalue weighted by Crippen LogP contribution is 2.13. The van der Waals surface area contributed by atoms with Crippen molar-refractivity contribution in [2.24, 2.45) is 5.92 Å². The van der Waals surface area contributed by atoms with Crippen LogP contribution in [0.15, 0.2) is 54.6 Å². The molecule has 1 amide bonds. The van der Waals surface area contributed by atoms with Gasteiger partial charge in [0.2, 0.25) is 5.91 Å². The van der Waals surface area contributed by atoms with Gasteiger partial charge in [0.05, 0.1) is 7.11 Å². The third-order valence-electron chi connectivity index (χ3n) is 3.60. The van der Waals surface area contributed by atoms with E-state index in [0.29, 0.717) is 5.92 Å². The number of allylic oxidation sites excluding steroid dienone is 4. The van der Waals surface area contributed by atoms with Crippen LogP contribution in [0.25, 0.3) is 6.08 Å². The maximum absolute atomic E-state index is 11.5. The van der Waals surface area contributed by atoms with Crippen molar-refractivity contribution < 1.29 is 9.53 Å². The van der Waals surface area contributed by atoms with Crippen molar-refractivity contribution in [2.75, 3.05) is 13.7 Å². The van der Waals surface area contributed by atoms with Crippen LogP contribution in [-0.2, 0) is 4.79 Å². The number of benzene rings is 1. The van der Waals surface area contributed by atoms with Crippen LogP contribution in [0.4, 0.5) is 0 Å². The van der Waals surface area contributed by atoms with Crippen LogP contribution in [0.2, 0.25) is 0 Å². The number of hydrogen-bond donors (Lipinski definition) is 1. The molecule has 1 rings (SSSR count). The van der Waals surface area contributed by atoms with Gasteiger partial charge in [-0.15, -0.1) is 0 Å². The fourth-order valence-corrected chi connectivity index (χ4v) is 2.14. The summed E-state index contributed by atoms with van der Waals surface area (Å²) in [5, 5.41) is 2.85. The van der Waals surface area contributed by atoms with Gasteiger partial charge in [-0.05, 0) is 49.3 Å². The summed E-state index contributed by atoms with van der Waals surface area (Å²) >= 11 is 0. The molecule has 0 saturated carbocycles. The average molecular weight is 341 g/mol. The van der Waals surface area contributed by atoms with Gasteiger partial charge < -0.3 is 10.1 Å². The Morgan fingerprint density at radius 1 is 1.08 bits per heavy atom. The number of ether oxygens (including phenoxy) is 1. The van der Waals surface area contributed by atoms with Gasteiger partial charge in [0, 0.05) is 12.6 Å². The van der Waals surface area contributed by atoms with Crippen molar-refractivity contribution in [1.29, 1.82) is 0 Å². The van der Waals surface area contributed by atoms with Gasteiger partial charge in [0.25, 0.3) is 0 Å². The minimum absolute atomic E-state index is 0.0259. The summed E-state index contributed by atoms with van der Waals surface area (Å²) < 4.78 is 5.14. The Hall–Kier alpha value is -2.29. The van der Waals surface area contributed by atoms with E-state index in [9.17, 15) is 4.79 Å². The Morgan fingerprint density at radius 2 is 1.76 bits per heavy atom. The molecule has 0 aromatic heterocycles. The standard InChI is InChI=1S/C22H31NO2/c1-19(2)18-23-22(24)13-11-9-7-5-4-6-8-10-12-20-14-16-21(25-3)17-15-20/h7,9-17,19H,4-6,8,18H2,1-3H3,(H,23,24). The summed E-state index contributed by atoms with van der Waals surface area (Å²) in [5.41, 5.74) is 1.20. The van der Waals surface area contributed by atoms with Crippen molar-refractivity contribution >= 4 is 12.0 Å². The predicted molar refractivity (Wildman–Crippen MR) is 107 cm³/mol. The molecule has 0 aliphatic carbocycles. The summed E-state index contributed by atoms with van der Waals surface area (Å²) in [7, 11) is 1.68. The summed E-state index contributed by atoms with van der Waals surface area (Å²) in [6, 6.07) is 8.06. The molecule has 3 heteroatoms. The first-order chi connectivity index (χ1) is 12.1. The first kappa shape index (κ1) is 20.8. The van der Waals surface area contributed by atoms with Crippen LogP contribution in [0, 0.1) is 5.92 Å². The molecule has 3 nitrogen and oxygen atoms in total. The number of nitrogens with one attached hydrogen (secondary N) is 1. The second-order valence-corrected chi connectivity index (χ2v) is 6.39. The second kappa shape index (κ2) is 13.1. The molecule has 0 saturated heterocycles. The first-order valence-electron chi connectivity index (χ1n) is 9.03. The van der Waals surface area contributed by atoms with Crippen LogP contribution in [0.1, 0.15) is 45.1 Å². The van der Waals surface area contributed by atoms with E-state index in [2.05, 4.69) is 49.5 Å². The SMILES string of the molecule is COc1ccc(C=CCCCCC=CC=CC(=O)NCC(C)C)cc1. The van der Waals surface area contributed by atoms with Crippen LogP contribution >= 0.6 is 0 Å². The molecule has 0 atom stereocenters. The van der Waals surface area contributed by atoms with Crippen molar-refractivity contribution in [3.05, 3.63) is 60.2 Å². The highest BCUT2D eigenvalue weighted by molar-refractivity contribution is 5.87. The number of methoxy groups -OCH3 is 1. The molecule has 0 aliphatic rings. The predicted octanol–water partition coefficient (Wildman–Crippen LogP) is 5.15. The summed E-state index contributed by atoms with van der Waals surface area (Å²) in [5.74, 6) is 1.34. The number of unbranched alkanes of at least 4 members (excludes halogenated alkanes) is 3. The minimum atomic E-state index is -0.0259. The average Bonchev–Trinajstić information content (AvgIpc) is 2.62. The lowest BCUT2D eigenvalue weighted by molar-refractivity contribution is -0.116. The van der Waals surface area contributed by atoms with E-state index in [4.69, 9.17) is 4.74 Å². The monoisotopic (exact) mass is 341 g/mol. The zero-order chi connectivity index (χ0) is 18.3. The fraction of sp³-hybridized carbons (Fsp3) is 0.409. The molecular formula is C22H31NO2. The molecule has 1 aromatic carbocycles. The van der Waals surface area contributed by atoms with Gasteiger partial charge in [-0.2, -0.15) is 0 Å². The van der Waals surface area contributed by atoms with E-state index in [1.54, 1.807) is 19.3 Å². The molecule has 0 heterocycles. The van der Waals surface area contributed by atoms with Gasteiger partial charge >= 0.3 is 0 Å². The molecule has 0 radical (unpaired) electrons. The van der Waals surface area contributed by atoms with Crippen molar-refractivity contribution in [2.45, 2.75) is 39.5 Å². The molecule has 0 spiro atoms. The van der Waals surface area contributed by atoms with Gasteiger partial charge in [0.1, 0.15) is 5.75 Å². The van der Waals surface area contributed by atoms with Crippen molar-refractivity contribution in [3.8, 4) is 5.75 Å². The number of carbonyl (C=O) groups is 1. The summed E-state index contributed by atoms with van der Waals surface area (Å²) in [6.07, 6.45) is 16.2. The highest BCUT2D eigenvalue weighted by atomic mass is 16.5. The van der Waals surface area contributed by atoms with Gasteiger partial charge in [-0.3, -0.25) is 4.79 Å². The Balaban J connectivity index is 2.09. The minimum Gasteiger partial charge on any atom is -0.497 e. The van der Waals surface area contributed by atoms with Crippen LogP contribution in [0.5, 0.6) is 5.75 Å². The maximum Gasteiger partial charge on any atom is 0.243 e. The Bertz CT molecular complexity index is 568. The van der Waals surface area contributed by atoms with Crippen LogP contribution < -0.4 is 10.1 Å². The van der Waals surface area contributed by atoms with Crippen LogP contribution in [-0.4, -0.2) is 19.6 Å². The second-order valence-electron chi connectivity index (χ2n) is 6.39. The number of hydrogen-bond acceptors (Lipinski definition) is 2. The lowest BCUT2D eigenvalue weighted by atomic mass is 10.1. The molecule has 1 aromatic rings. The normalized spacial score (nSPS) is 11.8. The number of carbonyl (C=O) groups excluding carboxylic acids is 1. The zero-order valence-corrected chi connectivity index (χ0v) is 15.7. The van der Waals surface area contributed by atoms with Gasteiger partial charge in [0.15, 0.2) is 0 Å². The molecule has 0 aliphatic heterocycles. The van der Waals surface area contributed by atoms with E-state index in [-0.39, 0.29) is 5.91 Å². The van der Waals surface area contributed by atoms with E-state index in [1.807, 2.05) is 18.2 Å². The molecule has 136 valence electrons. The molecule has 1 N–H and O–H groups in total. The molecule has 25 heavy (non-hydrogen) atoms. The fourth-order valence-electron chi connectivity index (χ4n) is 2.14. The summed E-state index contributed by atoms with van der Waals surface area (Å²) in [6.45, 7) is 4.88. The van der Waals surface area contributed by atoms with Crippen LogP contribution in [0.3, 0.4) is 0 Å². The van der Waals surface area contributed by atoms with Crippen molar-refractivity contribution in [3.63, 3.8) is 0 Å². The zero-order valence-electron chi connectivity index (χ0n) is 15.7. The summed E-state index contributed by atoms with van der Waals surface area (Å²) in [4.78, 5) is 11.5. The van der Waals surface area contributed by atoms with E-state index >= 15 is 0 Å². The van der Waals surface area contributed by atoms with Crippen molar-refractivity contribution in [1.82, 2.24) is 5.32 Å². The number of amides is 1. The smallest absolute Gasteiger partial charge is 0.243 e. The largest absolute Gasteiger partial charge is 0.497 e. The topological polar surface area (TPSA) is 38.3 Å². The molecule has 0 bridgehead atoms. The highest BCUT2D eigenvalue weighted by Gasteiger charge is 1.95. The number of rotatable bonds is 11. The Kier molecular flexibility index (Phi) is 10.8. The Morgan fingerprint density at radius 3 is 2.40 bits per heavy atom. The first-order valence-corrected chi connectivity index (χ1v) is 9.03. The molecule has 0 unspecified atom stereocenters. The van der Waals surface area contributed by atoms with Gasteiger partial charge in [-0.1, -0.05) is 56.4 Å². The lowest BCUT2D eigenvalue weighted by Gasteiger charge is -2.03. The van der Waals surface area contributed by atoms with E-state index < -0.39 is 0 Å². The maximum atomic E-state index is 11.5. The third kappa shape index (κ3) is 11.0. The van der Waals surface area contributed by atoms with Gasteiger partial charge in [-0.25, -0.2) is 0 Å².